The Hall–Kier alpha value is -0.860. The van der Waals surface area contributed by atoms with Crippen LogP contribution in [0.15, 0.2) is 24.3 Å². The van der Waals surface area contributed by atoms with Gasteiger partial charge < -0.3 is 11.1 Å². The molecule has 2 heteroatoms. The molecule has 82 valence electrons. The molecule has 1 saturated heterocycles. The van der Waals surface area contributed by atoms with Crippen molar-refractivity contribution < 1.29 is 0 Å². The molecule has 1 heterocycles. The number of benzene rings is 1. The fourth-order valence-electron chi connectivity index (χ4n) is 2.51. The summed E-state index contributed by atoms with van der Waals surface area (Å²) in [7, 11) is 0. The molecule has 1 fully saturated rings. The molecule has 15 heavy (non-hydrogen) atoms. The van der Waals surface area contributed by atoms with E-state index in [1.165, 1.54) is 24.0 Å². The molecule has 0 radical (unpaired) electrons. The van der Waals surface area contributed by atoms with Crippen LogP contribution in [-0.2, 0) is 0 Å². The minimum Gasteiger partial charge on any atom is -0.330 e. The number of piperidine rings is 1. The van der Waals surface area contributed by atoms with Crippen LogP contribution >= 0.6 is 0 Å². The standard InChI is InChI=1S/C13H20N2/c1-10-5-2-3-7-12(10)13-11(9-14)6-4-8-15-13/h2-3,5,7,11,13,15H,4,6,8-9,14H2,1H3/t11-,13+/m1/s1. The van der Waals surface area contributed by atoms with Crippen LogP contribution < -0.4 is 11.1 Å². The van der Waals surface area contributed by atoms with Crippen molar-refractivity contribution >= 4 is 0 Å². The highest BCUT2D eigenvalue weighted by Gasteiger charge is 2.25. The fraction of sp³-hybridized carbons (Fsp3) is 0.538. The van der Waals surface area contributed by atoms with E-state index in [1.54, 1.807) is 0 Å². The van der Waals surface area contributed by atoms with Gasteiger partial charge >= 0.3 is 0 Å². The van der Waals surface area contributed by atoms with E-state index in [4.69, 9.17) is 5.73 Å². The molecule has 0 aliphatic carbocycles. The largest absolute Gasteiger partial charge is 0.330 e. The highest BCUT2D eigenvalue weighted by molar-refractivity contribution is 5.29. The second-order valence-electron chi connectivity index (χ2n) is 4.43. The molecular weight excluding hydrogens is 184 g/mol. The second kappa shape index (κ2) is 4.77. The first-order chi connectivity index (χ1) is 7.33. The molecule has 1 aromatic rings. The van der Waals surface area contributed by atoms with Crippen LogP contribution in [0.5, 0.6) is 0 Å². The Bertz CT molecular complexity index is 322. The lowest BCUT2D eigenvalue weighted by Gasteiger charge is -2.33. The Kier molecular flexibility index (Phi) is 3.39. The molecule has 2 atom stereocenters. The van der Waals surface area contributed by atoms with E-state index in [0.29, 0.717) is 12.0 Å². The van der Waals surface area contributed by atoms with Crippen LogP contribution in [0.25, 0.3) is 0 Å². The van der Waals surface area contributed by atoms with Gasteiger partial charge in [-0.2, -0.15) is 0 Å². The number of rotatable bonds is 2. The van der Waals surface area contributed by atoms with Gasteiger partial charge in [0.15, 0.2) is 0 Å². The molecular formula is C13H20N2. The SMILES string of the molecule is Cc1ccccc1[C@H]1NCCC[C@@H]1CN. The minimum atomic E-state index is 0.463. The van der Waals surface area contributed by atoms with Crippen LogP contribution in [0.2, 0.25) is 0 Å². The number of aryl methyl sites for hydroxylation is 1. The van der Waals surface area contributed by atoms with E-state index >= 15 is 0 Å². The van der Waals surface area contributed by atoms with Gasteiger partial charge in [0.25, 0.3) is 0 Å². The Labute approximate surface area is 91.9 Å². The van der Waals surface area contributed by atoms with E-state index < -0.39 is 0 Å². The van der Waals surface area contributed by atoms with Gasteiger partial charge in [0.1, 0.15) is 0 Å². The van der Waals surface area contributed by atoms with Crippen LogP contribution in [0.3, 0.4) is 0 Å². The van der Waals surface area contributed by atoms with E-state index in [0.717, 1.165) is 13.1 Å². The molecule has 2 nitrogen and oxygen atoms in total. The molecule has 0 spiro atoms. The summed E-state index contributed by atoms with van der Waals surface area (Å²) in [5.41, 5.74) is 8.64. The molecule has 1 aromatic carbocycles. The van der Waals surface area contributed by atoms with Crippen LogP contribution in [0.4, 0.5) is 0 Å². The Morgan fingerprint density at radius 1 is 1.40 bits per heavy atom. The van der Waals surface area contributed by atoms with Crippen molar-refractivity contribution in [2.45, 2.75) is 25.8 Å². The normalized spacial score (nSPS) is 26.5. The van der Waals surface area contributed by atoms with Crippen molar-refractivity contribution in [2.24, 2.45) is 11.7 Å². The van der Waals surface area contributed by atoms with Crippen molar-refractivity contribution in [2.75, 3.05) is 13.1 Å². The van der Waals surface area contributed by atoms with E-state index in [-0.39, 0.29) is 0 Å². The van der Waals surface area contributed by atoms with Gasteiger partial charge in [-0.15, -0.1) is 0 Å². The van der Waals surface area contributed by atoms with Gasteiger partial charge in [0.2, 0.25) is 0 Å². The first-order valence-electron chi connectivity index (χ1n) is 5.82. The average Bonchev–Trinajstić information content (AvgIpc) is 2.30. The zero-order valence-electron chi connectivity index (χ0n) is 9.37. The highest BCUT2D eigenvalue weighted by atomic mass is 14.9. The fourth-order valence-corrected chi connectivity index (χ4v) is 2.51. The van der Waals surface area contributed by atoms with Crippen molar-refractivity contribution in [3.63, 3.8) is 0 Å². The molecule has 3 N–H and O–H groups in total. The summed E-state index contributed by atoms with van der Waals surface area (Å²) in [6.45, 7) is 4.08. The number of hydrogen-bond donors (Lipinski definition) is 2. The predicted molar refractivity (Wildman–Crippen MR) is 63.7 cm³/mol. The van der Waals surface area contributed by atoms with Gasteiger partial charge in [-0.05, 0) is 49.9 Å². The summed E-state index contributed by atoms with van der Waals surface area (Å²) in [6.07, 6.45) is 2.51. The van der Waals surface area contributed by atoms with Gasteiger partial charge in [-0.25, -0.2) is 0 Å². The van der Waals surface area contributed by atoms with Crippen molar-refractivity contribution in [1.29, 1.82) is 0 Å². The number of hydrogen-bond acceptors (Lipinski definition) is 2. The van der Waals surface area contributed by atoms with Crippen molar-refractivity contribution in [1.82, 2.24) is 5.32 Å². The lowest BCUT2D eigenvalue weighted by atomic mass is 9.85. The summed E-state index contributed by atoms with van der Waals surface area (Å²) in [4.78, 5) is 0. The molecule has 1 aliphatic rings. The smallest absolute Gasteiger partial charge is 0.0363 e. The summed E-state index contributed by atoms with van der Waals surface area (Å²) in [5.74, 6) is 0.597. The number of nitrogens with two attached hydrogens (primary N) is 1. The third-order valence-corrected chi connectivity index (χ3v) is 3.41. The monoisotopic (exact) mass is 204 g/mol. The third-order valence-electron chi connectivity index (χ3n) is 3.41. The maximum Gasteiger partial charge on any atom is 0.0363 e. The second-order valence-corrected chi connectivity index (χ2v) is 4.43. The minimum absolute atomic E-state index is 0.463. The first-order valence-corrected chi connectivity index (χ1v) is 5.82. The van der Waals surface area contributed by atoms with Gasteiger partial charge in [0, 0.05) is 6.04 Å². The highest BCUT2D eigenvalue weighted by Crippen LogP contribution is 2.30. The molecule has 0 aromatic heterocycles. The molecule has 2 rings (SSSR count). The zero-order chi connectivity index (χ0) is 10.7. The summed E-state index contributed by atoms with van der Waals surface area (Å²) in [5, 5.41) is 3.60. The third kappa shape index (κ3) is 2.21. The lowest BCUT2D eigenvalue weighted by molar-refractivity contribution is 0.290. The molecule has 0 unspecified atom stereocenters. The summed E-state index contributed by atoms with van der Waals surface area (Å²) < 4.78 is 0. The zero-order valence-corrected chi connectivity index (χ0v) is 9.37. The van der Waals surface area contributed by atoms with Crippen molar-refractivity contribution in [3.05, 3.63) is 35.4 Å². The topological polar surface area (TPSA) is 38.0 Å². The van der Waals surface area contributed by atoms with Crippen LogP contribution in [0, 0.1) is 12.8 Å². The van der Waals surface area contributed by atoms with Gasteiger partial charge in [-0.3, -0.25) is 0 Å². The van der Waals surface area contributed by atoms with Crippen LogP contribution in [-0.4, -0.2) is 13.1 Å². The van der Waals surface area contributed by atoms with E-state index in [1.807, 2.05) is 0 Å². The Morgan fingerprint density at radius 2 is 2.20 bits per heavy atom. The molecule has 0 saturated carbocycles. The molecule has 0 bridgehead atoms. The van der Waals surface area contributed by atoms with E-state index in [9.17, 15) is 0 Å². The molecule has 0 amide bonds. The first kappa shape index (κ1) is 10.7. The maximum absolute atomic E-state index is 5.84. The summed E-state index contributed by atoms with van der Waals surface area (Å²) in [6, 6.07) is 9.08. The summed E-state index contributed by atoms with van der Waals surface area (Å²) >= 11 is 0. The average molecular weight is 204 g/mol. The van der Waals surface area contributed by atoms with Crippen molar-refractivity contribution in [3.8, 4) is 0 Å². The Morgan fingerprint density at radius 3 is 2.93 bits per heavy atom. The van der Waals surface area contributed by atoms with Gasteiger partial charge in [-0.1, -0.05) is 24.3 Å². The number of nitrogens with one attached hydrogen (secondary N) is 1. The molecule has 1 aliphatic heterocycles. The Balaban J connectivity index is 2.24. The predicted octanol–water partition coefficient (Wildman–Crippen LogP) is 1.99. The maximum atomic E-state index is 5.84. The van der Waals surface area contributed by atoms with E-state index in [2.05, 4.69) is 36.5 Å². The van der Waals surface area contributed by atoms with Gasteiger partial charge in [0.05, 0.1) is 0 Å². The lowest BCUT2D eigenvalue weighted by Crippen LogP contribution is -2.38. The quantitative estimate of drug-likeness (QED) is 0.773. The van der Waals surface area contributed by atoms with Crippen LogP contribution in [0.1, 0.15) is 30.0 Å².